The second-order valence-electron chi connectivity index (χ2n) is 3.84. The zero-order valence-electron chi connectivity index (χ0n) is 8.96. The Hall–Kier alpha value is -0.170. The van der Waals surface area contributed by atoms with E-state index in [0.717, 1.165) is 6.42 Å². The summed E-state index contributed by atoms with van der Waals surface area (Å²) in [6, 6.07) is -0.299. The first-order valence-corrected chi connectivity index (χ1v) is 6.92. The molecule has 1 fully saturated rings. The molecule has 0 saturated carbocycles. The highest BCUT2D eigenvalue weighted by molar-refractivity contribution is 7.89. The van der Waals surface area contributed by atoms with Crippen molar-refractivity contribution in [3.63, 3.8) is 0 Å². The molecule has 1 aliphatic rings. The average Bonchev–Trinajstić information content (AvgIpc) is 2.65. The van der Waals surface area contributed by atoms with E-state index in [1.165, 1.54) is 4.31 Å². The van der Waals surface area contributed by atoms with Crippen molar-refractivity contribution in [1.29, 1.82) is 0 Å². The van der Waals surface area contributed by atoms with Crippen LogP contribution >= 0.6 is 0 Å². The topological polar surface area (TPSA) is 77.8 Å². The van der Waals surface area contributed by atoms with Crippen LogP contribution in [0.1, 0.15) is 26.2 Å². The van der Waals surface area contributed by atoms with Crippen molar-refractivity contribution in [2.45, 2.75) is 38.3 Å². The normalized spacial score (nSPS) is 25.7. The van der Waals surface area contributed by atoms with Gasteiger partial charge in [0.15, 0.2) is 0 Å². The molecule has 0 aromatic rings. The van der Waals surface area contributed by atoms with Gasteiger partial charge in [0.05, 0.1) is 24.5 Å². The highest BCUT2D eigenvalue weighted by atomic mass is 32.2. The smallest absolute Gasteiger partial charge is 0.216 e. The third-order valence-corrected chi connectivity index (χ3v) is 4.68. The van der Waals surface area contributed by atoms with Gasteiger partial charge in [0.2, 0.25) is 10.0 Å². The van der Waals surface area contributed by atoms with Crippen molar-refractivity contribution in [2.75, 3.05) is 18.9 Å². The van der Waals surface area contributed by atoms with Gasteiger partial charge in [-0.2, -0.15) is 4.31 Å². The number of aliphatic hydroxyl groups is 2. The summed E-state index contributed by atoms with van der Waals surface area (Å²) >= 11 is 0. The van der Waals surface area contributed by atoms with Crippen LogP contribution in [0.3, 0.4) is 0 Å². The fourth-order valence-electron chi connectivity index (χ4n) is 2.00. The molecule has 0 aromatic carbocycles. The molecule has 1 aliphatic heterocycles. The quantitative estimate of drug-likeness (QED) is 0.678. The molecule has 0 radical (unpaired) electrons. The number of hydrogen-bond acceptors (Lipinski definition) is 4. The van der Waals surface area contributed by atoms with Crippen molar-refractivity contribution in [1.82, 2.24) is 4.31 Å². The van der Waals surface area contributed by atoms with Crippen LogP contribution in [-0.2, 0) is 10.0 Å². The van der Waals surface area contributed by atoms with E-state index in [1.807, 2.05) is 6.92 Å². The summed E-state index contributed by atoms with van der Waals surface area (Å²) in [6.07, 6.45) is 1.45. The van der Waals surface area contributed by atoms with Gasteiger partial charge < -0.3 is 10.2 Å². The van der Waals surface area contributed by atoms with E-state index < -0.39 is 16.1 Å². The molecule has 0 unspecified atom stereocenters. The standard InChI is InChI=1S/C9H19NO4S/c1-2-9(12)8-4-3-5-10(8)15(13,14)7-6-11/h8-9,11-12H,2-7H2,1H3/t8-,9+/m1/s1. The second-order valence-corrected chi connectivity index (χ2v) is 5.88. The number of nitrogens with zero attached hydrogens (tertiary/aromatic N) is 1. The first-order valence-electron chi connectivity index (χ1n) is 5.31. The van der Waals surface area contributed by atoms with Crippen LogP contribution in [-0.4, -0.2) is 54.0 Å². The summed E-state index contributed by atoms with van der Waals surface area (Å²) in [4.78, 5) is 0. The maximum atomic E-state index is 11.7. The monoisotopic (exact) mass is 237 g/mol. The van der Waals surface area contributed by atoms with Gasteiger partial charge in [0.1, 0.15) is 0 Å². The molecule has 5 nitrogen and oxygen atoms in total. The molecular weight excluding hydrogens is 218 g/mol. The first-order chi connectivity index (χ1) is 7.03. The molecule has 0 amide bonds. The van der Waals surface area contributed by atoms with Gasteiger partial charge in [0.25, 0.3) is 0 Å². The molecule has 0 bridgehead atoms. The summed E-state index contributed by atoms with van der Waals surface area (Å²) < 4.78 is 24.8. The molecule has 15 heavy (non-hydrogen) atoms. The molecule has 6 heteroatoms. The molecule has 2 N–H and O–H groups in total. The van der Waals surface area contributed by atoms with Crippen LogP contribution in [0.5, 0.6) is 0 Å². The fraction of sp³-hybridized carbons (Fsp3) is 1.00. The predicted molar refractivity (Wildman–Crippen MR) is 56.9 cm³/mol. The van der Waals surface area contributed by atoms with Crippen LogP contribution in [0.2, 0.25) is 0 Å². The number of aliphatic hydroxyl groups excluding tert-OH is 2. The summed E-state index contributed by atoms with van der Waals surface area (Å²) in [7, 11) is -3.39. The van der Waals surface area contributed by atoms with Crippen molar-refractivity contribution in [3.05, 3.63) is 0 Å². The van der Waals surface area contributed by atoms with E-state index in [0.29, 0.717) is 19.4 Å². The lowest BCUT2D eigenvalue weighted by Gasteiger charge is -2.27. The Balaban J connectivity index is 2.76. The number of sulfonamides is 1. The lowest BCUT2D eigenvalue weighted by atomic mass is 10.1. The Morgan fingerprint density at radius 1 is 1.53 bits per heavy atom. The van der Waals surface area contributed by atoms with Crippen molar-refractivity contribution in [3.8, 4) is 0 Å². The van der Waals surface area contributed by atoms with E-state index in [4.69, 9.17) is 5.11 Å². The average molecular weight is 237 g/mol. The van der Waals surface area contributed by atoms with Crippen molar-refractivity contribution < 1.29 is 18.6 Å². The first kappa shape index (κ1) is 12.9. The van der Waals surface area contributed by atoms with Gasteiger partial charge in [-0.25, -0.2) is 8.42 Å². The van der Waals surface area contributed by atoms with Crippen LogP contribution in [0.15, 0.2) is 0 Å². The SMILES string of the molecule is CC[C@H](O)[C@H]1CCCN1S(=O)(=O)CCO. The Morgan fingerprint density at radius 3 is 2.73 bits per heavy atom. The molecule has 0 aromatic heterocycles. The lowest BCUT2D eigenvalue weighted by Crippen LogP contribution is -2.43. The van der Waals surface area contributed by atoms with E-state index in [9.17, 15) is 13.5 Å². The summed E-state index contributed by atoms with van der Waals surface area (Å²) in [5.74, 6) is -0.250. The molecule has 0 spiro atoms. The minimum Gasteiger partial charge on any atom is -0.395 e. The summed E-state index contributed by atoms with van der Waals surface area (Å²) in [5.41, 5.74) is 0. The van der Waals surface area contributed by atoms with Crippen LogP contribution in [0.25, 0.3) is 0 Å². The third kappa shape index (κ3) is 2.90. The lowest BCUT2D eigenvalue weighted by molar-refractivity contribution is 0.103. The van der Waals surface area contributed by atoms with Crippen LogP contribution < -0.4 is 0 Å². The second kappa shape index (κ2) is 5.25. The minimum atomic E-state index is -3.39. The number of hydrogen-bond donors (Lipinski definition) is 2. The van der Waals surface area contributed by atoms with Gasteiger partial charge >= 0.3 is 0 Å². The maximum Gasteiger partial charge on any atom is 0.216 e. The van der Waals surface area contributed by atoms with Crippen LogP contribution in [0, 0.1) is 0 Å². The van der Waals surface area contributed by atoms with Gasteiger partial charge in [-0.1, -0.05) is 6.92 Å². The highest BCUT2D eigenvalue weighted by Gasteiger charge is 2.37. The molecule has 0 aliphatic carbocycles. The molecule has 1 rings (SSSR count). The highest BCUT2D eigenvalue weighted by Crippen LogP contribution is 2.24. The van der Waals surface area contributed by atoms with E-state index in [1.54, 1.807) is 0 Å². The molecule has 1 saturated heterocycles. The summed E-state index contributed by atoms with van der Waals surface area (Å²) in [6.45, 7) is 1.93. The van der Waals surface area contributed by atoms with Crippen molar-refractivity contribution in [2.24, 2.45) is 0 Å². The summed E-state index contributed by atoms with van der Waals surface area (Å²) in [5, 5.41) is 18.4. The fourth-order valence-corrected chi connectivity index (χ4v) is 3.53. The Labute approximate surface area is 90.8 Å². The molecule has 1 heterocycles. The van der Waals surface area contributed by atoms with Gasteiger partial charge in [0, 0.05) is 6.54 Å². The Bertz CT molecular complexity index is 290. The minimum absolute atomic E-state index is 0.250. The van der Waals surface area contributed by atoms with Gasteiger partial charge in [-0.05, 0) is 19.3 Å². The van der Waals surface area contributed by atoms with Crippen molar-refractivity contribution >= 4 is 10.0 Å². The zero-order valence-corrected chi connectivity index (χ0v) is 9.78. The zero-order chi connectivity index (χ0) is 11.5. The Morgan fingerprint density at radius 2 is 2.20 bits per heavy atom. The largest absolute Gasteiger partial charge is 0.395 e. The molecular formula is C9H19NO4S. The maximum absolute atomic E-state index is 11.7. The van der Waals surface area contributed by atoms with Gasteiger partial charge in [-0.3, -0.25) is 0 Å². The van der Waals surface area contributed by atoms with Crippen LogP contribution in [0.4, 0.5) is 0 Å². The Kier molecular flexibility index (Phi) is 4.51. The van der Waals surface area contributed by atoms with E-state index in [-0.39, 0.29) is 18.4 Å². The number of rotatable bonds is 5. The van der Waals surface area contributed by atoms with E-state index in [2.05, 4.69) is 0 Å². The van der Waals surface area contributed by atoms with E-state index >= 15 is 0 Å². The van der Waals surface area contributed by atoms with Gasteiger partial charge in [-0.15, -0.1) is 0 Å². The molecule has 90 valence electrons. The predicted octanol–water partition coefficient (Wildman–Crippen LogP) is -0.456. The third-order valence-electron chi connectivity index (χ3n) is 2.82. The molecule has 2 atom stereocenters.